The van der Waals surface area contributed by atoms with E-state index in [9.17, 15) is 4.79 Å². The highest BCUT2D eigenvalue weighted by Crippen LogP contribution is 2.18. The molecule has 1 N–H and O–H groups in total. The van der Waals surface area contributed by atoms with Crippen molar-refractivity contribution in [2.45, 2.75) is 13.5 Å². The van der Waals surface area contributed by atoms with E-state index in [-0.39, 0.29) is 6.54 Å². The lowest BCUT2D eigenvalue weighted by Gasteiger charge is -2.22. The van der Waals surface area contributed by atoms with Gasteiger partial charge >= 0.3 is 5.97 Å². The number of hydrogen-bond acceptors (Lipinski definition) is 3. The monoisotopic (exact) mass is 245 g/mol. The van der Waals surface area contributed by atoms with E-state index in [0.717, 1.165) is 16.8 Å². The quantitative estimate of drug-likeness (QED) is 0.879. The zero-order valence-electron chi connectivity index (χ0n) is 10.2. The largest absolute Gasteiger partial charge is 0.480 e. The molecule has 0 atom stereocenters. The van der Waals surface area contributed by atoms with E-state index in [2.05, 4.69) is 0 Å². The van der Waals surface area contributed by atoms with Gasteiger partial charge in [0.05, 0.1) is 12.5 Å². The van der Waals surface area contributed by atoms with Crippen LogP contribution in [0.5, 0.6) is 0 Å². The molecule has 0 bridgehead atoms. The minimum Gasteiger partial charge on any atom is -0.480 e. The Kier molecular flexibility index (Phi) is 3.67. The normalized spacial score (nSPS) is 10.3. The minimum absolute atomic E-state index is 0.0335. The van der Waals surface area contributed by atoms with Gasteiger partial charge in [0.15, 0.2) is 0 Å². The van der Waals surface area contributed by atoms with E-state index in [0.29, 0.717) is 6.54 Å². The van der Waals surface area contributed by atoms with Gasteiger partial charge in [0.2, 0.25) is 0 Å². The Morgan fingerprint density at radius 1 is 1.28 bits per heavy atom. The molecule has 0 radical (unpaired) electrons. The van der Waals surface area contributed by atoms with Crippen LogP contribution in [0.2, 0.25) is 0 Å². The first-order chi connectivity index (χ1) is 8.65. The lowest BCUT2D eigenvalue weighted by molar-refractivity contribution is -0.135. The van der Waals surface area contributed by atoms with Gasteiger partial charge in [0, 0.05) is 17.8 Å². The summed E-state index contributed by atoms with van der Waals surface area (Å²) in [5.74, 6) is -0.848. The number of nitrogens with zero attached hydrogens (tertiary/aromatic N) is 1. The van der Waals surface area contributed by atoms with Crippen molar-refractivity contribution in [3.8, 4) is 0 Å². The molecular formula is C14H15NO3. The van der Waals surface area contributed by atoms with Crippen molar-refractivity contribution in [1.82, 2.24) is 0 Å². The molecule has 2 aromatic rings. The molecule has 0 aliphatic carbocycles. The minimum atomic E-state index is -0.848. The molecule has 0 saturated heterocycles. The molecule has 0 fully saturated rings. The van der Waals surface area contributed by atoms with Crippen molar-refractivity contribution in [1.29, 1.82) is 0 Å². The molecule has 1 heterocycles. The summed E-state index contributed by atoms with van der Waals surface area (Å²) in [6, 6.07) is 9.64. The fraction of sp³-hybridized carbons (Fsp3) is 0.214. The SMILES string of the molecule is Cc1ccc(N(CC(=O)O)Cc2ccoc2)cc1. The summed E-state index contributed by atoms with van der Waals surface area (Å²) in [6.07, 6.45) is 3.21. The molecular weight excluding hydrogens is 230 g/mol. The fourth-order valence-corrected chi connectivity index (χ4v) is 1.76. The van der Waals surface area contributed by atoms with Crippen LogP contribution >= 0.6 is 0 Å². The van der Waals surface area contributed by atoms with Crippen LogP contribution in [0.3, 0.4) is 0 Å². The van der Waals surface area contributed by atoms with Crippen LogP contribution < -0.4 is 4.90 Å². The predicted octanol–water partition coefficient (Wildman–Crippen LogP) is 2.68. The number of hydrogen-bond donors (Lipinski definition) is 1. The van der Waals surface area contributed by atoms with Gasteiger partial charge in [-0.2, -0.15) is 0 Å². The third-order valence-corrected chi connectivity index (χ3v) is 2.68. The van der Waals surface area contributed by atoms with E-state index >= 15 is 0 Å². The van der Waals surface area contributed by atoms with Crippen molar-refractivity contribution in [3.05, 3.63) is 54.0 Å². The summed E-state index contributed by atoms with van der Waals surface area (Å²) in [5.41, 5.74) is 3.00. The van der Waals surface area contributed by atoms with E-state index in [1.165, 1.54) is 0 Å². The van der Waals surface area contributed by atoms with Gasteiger partial charge in [-0.25, -0.2) is 0 Å². The second-order valence-corrected chi connectivity index (χ2v) is 4.22. The molecule has 0 spiro atoms. The molecule has 0 aliphatic heterocycles. The maximum Gasteiger partial charge on any atom is 0.323 e. The molecule has 2 rings (SSSR count). The standard InChI is InChI=1S/C14H15NO3/c1-11-2-4-13(5-3-11)15(9-14(16)17)8-12-6-7-18-10-12/h2-7,10H,8-9H2,1H3,(H,16,17). The van der Waals surface area contributed by atoms with Crippen molar-refractivity contribution >= 4 is 11.7 Å². The van der Waals surface area contributed by atoms with Crippen LogP contribution in [0.25, 0.3) is 0 Å². The summed E-state index contributed by atoms with van der Waals surface area (Å²) >= 11 is 0. The van der Waals surface area contributed by atoms with Gasteiger partial charge in [-0.1, -0.05) is 17.7 Å². The molecule has 0 aliphatic rings. The summed E-state index contributed by atoms with van der Waals surface area (Å²) in [7, 11) is 0. The number of carboxylic acid groups (broad SMARTS) is 1. The number of carboxylic acids is 1. The summed E-state index contributed by atoms with van der Waals surface area (Å²) in [5, 5.41) is 8.96. The molecule has 0 unspecified atom stereocenters. The Hall–Kier alpha value is -2.23. The molecule has 94 valence electrons. The number of furan rings is 1. The van der Waals surface area contributed by atoms with Gasteiger partial charge < -0.3 is 14.4 Å². The molecule has 0 saturated carbocycles. The third-order valence-electron chi connectivity index (χ3n) is 2.68. The molecule has 4 heteroatoms. The van der Waals surface area contributed by atoms with Gasteiger partial charge in [-0.05, 0) is 25.1 Å². The average molecular weight is 245 g/mol. The Labute approximate surface area is 105 Å². The molecule has 1 aromatic heterocycles. The number of carbonyl (C=O) groups is 1. The topological polar surface area (TPSA) is 53.7 Å². The average Bonchev–Trinajstić information content (AvgIpc) is 2.81. The van der Waals surface area contributed by atoms with Crippen molar-refractivity contribution < 1.29 is 14.3 Å². The first kappa shape index (κ1) is 12.2. The van der Waals surface area contributed by atoms with Crippen LogP contribution in [0.4, 0.5) is 5.69 Å². The first-order valence-corrected chi connectivity index (χ1v) is 5.69. The lowest BCUT2D eigenvalue weighted by atomic mass is 10.2. The summed E-state index contributed by atoms with van der Waals surface area (Å²) < 4.78 is 5.00. The Bertz CT molecular complexity index is 502. The van der Waals surface area contributed by atoms with Crippen LogP contribution in [0.15, 0.2) is 47.3 Å². The third kappa shape index (κ3) is 3.13. The molecule has 4 nitrogen and oxygen atoms in total. The van der Waals surface area contributed by atoms with Crippen LogP contribution in [0.1, 0.15) is 11.1 Å². The van der Waals surface area contributed by atoms with Gasteiger partial charge in [-0.3, -0.25) is 4.79 Å². The summed E-state index contributed by atoms with van der Waals surface area (Å²) in [4.78, 5) is 12.7. The Morgan fingerprint density at radius 2 is 2.00 bits per heavy atom. The van der Waals surface area contributed by atoms with Crippen LogP contribution in [0, 0.1) is 6.92 Å². The highest BCUT2D eigenvalue weighted by molar-refractivity contribution is 5.73. The van der Waals surface area contributed by atoms with Crippen molar-refractivity contribution in [2.75, 3.05) is 11.4 Å². The van der Waals surface area contributed by atoms with E-state index in [4.69, 9.17) is 9.52 Å². The smallest absolute Gasteiger partial charge is 0.323 e. The molecule has 0 amide bonds. The fourth-order valence-electron chi connectivity index (χ4n) is 1.76. The summed E-state index contributed by atoms with van der Waals surface area (Å²) in [6.45, 7) is 2.49. The molecule has 18 heavy (non-hydrogen) atoms. The zero-order valence-corrected chi connectivity index (χ0v) is 10.2. The maximum atomic E-state index is 10.9. The van der Waals surface area contributed by atoms with E-state index in [1.807, 2.05) is 37.3 Å². The van der Waals surface area contributed by atoms with Gasteiger partial charge in [0.25, 0.3) is 0 Å². The highest BCUT2D eigenvalue weighted by Gasteiger charge is 2.11. The van der Waals surface area contributed by atoms with Gasteiger partial charge in [-0.15, -0.1) is 0 Å². The maximum absolute atomic E-state index is 10.9. The zero-order chi connectivity index (χ0) is 13.0. The van der Waals surface area contributed by atoms with Crippen LogP contribution in [-0.4, -0.2) is 17.6 Å². The van der Waals surface area contributed by atoms with E-state index < -0.39 is 5.97 Å². The number of aryl methyl sites for hydroxylation is 1. The number of aliphatic carboxylic acids is 1. The lowest BCUT2D eigenvalue weighted by Crippen LogP contribution is -2.28. The second-order valence-electron chi connectivity index (χ2n) is 4.22. The number of rotatable bonds is 5. The van der Waals surface area contributed by atoms with Crippen molar-refractivity contribution in [3.63, 3.8) is 0 Å². The Balaban J connectivity index is 2.19. The highest BCUT2D eigenvalue weighted by atomic mass is 16.4. The van der Waals surface area contributed by atoms with E-state index in [1.54, 1.807) is 17.4 Å². The second kappa shape index (κ2) is 5.40. The Morgan fingerprint density at radius 3 is 2.56 bits per heavy atom. The van der Waals surface area contributed by atoms with Crippen molar-refractivity contribution in [2.24, 2.45) is 0 Å². The first-order valence-electron chi connectivity index (χ1n) is 5.69. The number of benzene rings is 1. The number of anilines is 1. The van der Waals surface area contributed by atoms with Gasteiger partial charge in [0.1, 0.15) is 6.54 Å². The molecule has 1 aromatic carbocycles. The van der Waals surface area contributed by atoms with Crippen LogP contribution in [-0.2, 0) is 11.3 Å². The predicted molar refractivity (Wildman–Crippen MR) is 68.6 cm³/mol.